The minimum Gasteiger partial charge on any atom is -0.443 e. The zero-order valence-electron chi connectivity index (χ0n) is 40.6. The van der Waals surface area contributed by atoms with Crippen molar-refractivity contribution in [2.24, 2.45) is 22.1 Å². The zero-order chi connectivity index (χ0) is 50.9. The molecule has 2 aromatic heterocycles. The van der Waals surface area contributed by atoms with E-state index >= 15 is 4.57 Å². The fraction of sp³-hybridized carbons (Fsp3) is 0.762. The summed E-state index contributed by atoms with van der Waals surface area (Å²) in [6, 6.07) is -0.260. The lowest BCUT2D eigenvalue weighted by atomic mass is 10.1. The van der Waals surface area contributed by atoms with Crippen LogP contribution in [0.5, 0.6) is 0 Å². The molecule has 3 amide bonds. The lowest BCUT2D eigenvalue weighted by Gasteiger charge is -2.36. The van der Waals surface area contributed by atoms with E-state index in [4.69, 9.17) is 58.5 Å². The maximum absolute atomic E-state index is 15.4. The van der Waals surface area contributed by atoms with Gasteiger partial charge in [0.25, 0.3) is 5.34 Å². The molecule has 4 aliphatic rings. The maximum Gasteiger partial charge on any atom is 0.416 e. The second-order valence-electron chi connectivity index (χ2n) is 19.3. The summed E-state index contributed by atoms with van der Waals surface area (Å²) in [5.41, 5.74) is -0.694. The van der Waals surface area contributed by atoms with Crippen LogP contribution in [0, 0.1) is 17.8 Å². The quantitative estimate of drug-likeness (QED) is 0.0559. The number of methoxy groups -OCH3 is 1. The molecule has 27 heteroatoms. The van der Waals surface area contributed by atoms with Gasteiger partial charge in [0.15, 0.2) is 23.5 Å². The highest BCUT2D eigenvalue weighted by Gasteiger charge is 2.63. The molecule has 6 rings (SSSR count). The summed E-state index contributed by atoms with van der Waals surface area (Å²) in [5.74, 6) is -6.66. The number of hydrogen-bond acceptors (Lipinski definition) is 20. The Hall–Kier alpha value is -3.91. The molecular weight excluding hydrogens is 973 g/mol. The Morgan fingerprint density at radius 2 is 1.58 bits per heavy atom. The monoisotopic (exact) mass is 1040 g/mol. The van der Waals surface area contributed by atoms with E-state index in [0.29, 0.717) is 31.1 Å². The number of nitrogens with zero attached hydrogens (tertiary/aromatic N) is 6. The molecular formula is C42H63ClN7O17PS. The molecule has 0 aromatic carbocycles. The third-order valence-corrected chi connectivity index (χ3v) is 14.7. The summed E-state index contributed by atoms with van der Waals surface area (Å²) in [5, 5.41) is 1.68. The van der Waals surface area contributed by atoms with Crippen LogP contribution in [0.1, 0.15) is 107 Å². The van der Waals surface area contributed by atoms with E-state index in [1.54, 1.807) is 34.6 Å². The molecule has 2 saturated heterocycles. The van der Waals surface area contributed by atoms with E-state index in [2.05, 4.69) is 24.2 Å². The van der Waals surface area contributed by atoms with Crippen molar-refractivity contribution in [3.8, 4) is 0 Å². The summed E-state index contributed by atoms with van der Waals surface area (Å²) in [4.78, 5) is 76.9. The van der Waals surface area contributed by atoms with E-state index < -0.39 is 133 Å². The number of aromatic nitrogens is 4. The van der Waals surface area contributed by atoms with Crippen molar-refractivity contribution in [2.75, 3.05) is 45.1 Å². The number of hydrogen-bond donors (Lipinski definition) is 1. The number of anilines is 1. The molecule has 386 valence electrons. The molecule has 1 unspecified atom stereocenters. The highest BCUT2D eigenvalue weighted by molar-refractivity contribution is 7.91. The van der Waals surface area contributed by atoms with Gasteiger partial charge in [-0.15, -0.1) is 4.36 Å². The molecule has 0 spiro atoms. The Kier molecular flexibility index (Phi) is 16.9. The molecule has 0 radical (unpaired) electrons. The number of carbonyl (C=O) groups is 5. The van der Waals surface area contributed by atoms with E-state index in [1.807, 2.05) is 0 Å². The van der Waals surface area contributed by atoms with Crippen LogP contribution in [0.3, 0.4) is 0 Å². The molecule has 24 nitrogen and oxygen atoms in total. The van der Waals surface area contributed by atoms with Crippen LogP contribution in [-0.2, 0) is 80.6 Å². The number of amides is 3. The molecule has 4 fully saturated rings. The summed E-state index contributed by atoms with van der Waals surface area (Å²) in [6.07, 6.45) is 1.55. The van der Waals surface area contributed by atoms with Crippen molar-refractivity contribution in [3.05, 3.63) is 11.5 Å². The molecule has 2 aliphatic heterocycles. The largest absolute Gasteiger partial charge is 0.443 e. The predicted octanol–water partition coefficient (Wildman–Crippen LogP) is 5.55. The Morgan fingerprint density at radius 3 is 2.13 bits per heavy atom. The molecule has 2 aliphatic carbocycles. The van der Waals surface area contributed by atoms with Gasteiger partial charge in [-0.2, -0.15) is 15.1 Å². The Morgan fingerprint density at radius 1 is 0.986 bits per heavy atom. The van der Waals surface area contributed by atoms with Crippen LogP contribution in [0.4, 0.5) is 10.6 Å². The average molecular weight is 1040 g/mol. The Balaban J connectivity index is 1.41. The Bertz CT molecular complexity index is 2400. The van der Waals surface area contributed by atoms with Crippen LogP contribution in [0.2, 0.25) is 5.28 Å². The Labute approximate surface area is 405 Å². The summed E-state index contributed by atoms with van der Waals surface area (Å²) >= 11 is 6.60. The van der Waals surface area contributed by atoms with Crippen molar-refractivity contribution in [1.82, 2.24) is 24.5 Å². The number of fused-ring (bicyclic) bond motifs is 2. The third kappa shape index (κ3) is 12.8. The van der Waals surface area contributed by atoms with Crippen molar-refractivity contribution in [3.63, 3.8) is 0 Å². The normalized spacial score (nSPS) is 23.3. The molecule has 4 heterocycles. The standard InChI is InChI=1S/C42H63ClN7O17PS/c1-23(2)35(52)59-21-62-68(56,63-22-60-36(53)24(3)4)42(20-58-10,37(54)48-69(11,57)47-33(51)25-16-17-25)61-19-28-29-30(66-41(8,9)65-29)34(64-28)50-32-27(18-44-50)31(45-38(43)46-32)49(26-14-12-13-15-26)39(55)67-40(5,6)7/h18,23-26,28-30,34H,12-17,19-22H2,1-11H3,(H,47,48,51,54,57)/t28-,29-,30-,34-,42+,69?/m1/s1. The van der Waals surface area contributed by atoms with E-state index in [-0.39, 0.29) is 22.8 Å². The minimum absolute atomic E-state index is 0.141. The van der Waals surface area contributed by atoms with Gasteiger partial charge in [0.1, 0.15) is 33.8 Å². The highest BCUT2D eigenvalue weighted by Crippen LogP contribution is 2.62. The van der Waals surface area contributed by atoms with Crippen LogP contribution >= 0.6 is 19.2 Å². The van der Waals surface area contributed by atoms with Gasteiger partial charge in [0.05, 0.1) is 36.6 Å². The fourth-order valence-corrected chi connectivity index (χ4v) is 10.7. The molecule has 1 N–H and O–H groups in total. The average Bonchev–Trinajstić information content (AvgIpc) is 3.47. The first kappa shape index (κ1) is 54.4. The molecule has 0 bridgehead atoms. The van der Waals surface area contributed by atoms with Gasteiger partial charge in [-0.25, -0.2) is 13.7 Å². The van der Waals surface area contributed by atoms with Gasteiger partial charge in [0.2, 0.25) is 24.8 Å². The number of nitrogens with one attached hydrogen (secondary N) is 1. The third-order valence-electron chi connectivity index (χ3n) is 11.2. The van der Waals surface area contributed by atoms with Gasteiger partial charge in [-0.1, -0.05) is 40.5 Å². The summed E-state index contributed by atoms with van der Waals surface area (Å²) < 4.78 is 95.1. The molecule has 2 aromatic rings. The first-order chi connectivity index (χ1) is 32.2. The lowest BCUT2D eigenvalue weighted by molar-refractivity contribution is -0.207. The van der Waals surface area contributed by atoms with Crippen LogP contribution in [0.25, 0.3) is 11.0 Å². The van der Waals surface area contributed by atoms with Crippen LogP contribution < -0.4 is 9.62 Å². The smallest absolute Gasteiger partial charge is 0.416 e. The van der Waals surface area contributed by atoms with Gasteiger partial charge in [-0.05, 0) is 71.9 Å². The number of esters is 2. The zero-order valence-corrected chi connectivity index (χ0v) is 43.1. The summed E-state index contributed by atoms with van der Waals surface area (Å²) in [6.45, 7) is 10.8. The topological polar surface area (TPSA) is 283 Å². The minimum atomic E-state index is -5.39. The van der Waals surface area contributed by atoms with Gasteiger partial charge < -0.3 is 37.9 Å². The van der Waals surface area contributed by atoms with Crippen LogP contribution in [-0.4, -0.2) is 135 Å². The van der Waals surface area contributed by atoms with Crippen molar-refractivity contribution < 1.29 is 79.7 Å². The fourth-order valence-electron chi connectivity index (χ4n) is 7.74. The lowest BCUT2D eigenvalue weighted by Crippen LogP contribution is -2.49. The van der Waals surface area contributed by atoms with Gasteiger partial charge >= 0.3 is 31.5 Å². The number of ether oxygens (including phenoxy) is 8. The van der Waals surface area contributed by atoms with Gasteiger partial charge in [-0.3, -0.25) is 42.4 Å². The van der Waals surface area contributed by atoms with Crippen LogP contribution in [0.15, 0.2) is 10.6 Å². The molecule has 69 heavy (non-hydrogen) atoms. The maximum atomic E-state index is 15.4. The van der Waals surface area contributed by atoms with Gasteiger partial charge in [0, 0.05) is 25.3 Å². The number of carbonyl (C=O) groups excluding carboxylic acids is 5. The first-order valence-electron chi connectivity index (χ1n) is 22.6. The predicted molar refractivity (Wildman–Crippen MR) is 243 cm³/mol. The van der Waals surface area contributed by atoms with E-state index in [1.165, 1.54) is 43.5 Å². The SMILES string of the molecule is COC[C@@](OC[C@H]1O[C@@H](n2ncc3c(N(C(=O)OC(C)(C)C)C4CCCC4)nc(Cl)nc32)[C@@H]2OC(C)(C)O[C@@H]21)(C(=O)N=S(C)(=O)NC(=O)C1CC1)P(=O)(OCOC(=O)C(C)C)OCOC(=O)C(C)C. The number of rotatable bonds is 20. The second kappa shape index (κ2) is 21.4. The highest BCUT2D eigenvalue weighted by atomic mass is 35.5. The first-order valence-corrected chi connectivity index (χ1v) is 26.4. The second-order valence-corrected chi connectivity index (χ2v) is 23.8. The molecule has 6 atom stereocenters. The van der Waals surface area contributed by atoms with E-state index in [0.717, 1.165) is 26.2 Å². The summed E-state index contributed by atoms with van der Waals surface area (Å²) in [7, 11) is -8.23. The van der Waals surface area contributed by atoms with Crippen molar-refractivity contribution in [1.29, 1.82) is 0 Å². The van der Waals surface area contributed by atoms with Crippen molar-refractivity contribution in [2.45, 2.75) is 148 Å². The number of halogens is 1. The molecule has 2 saturated carbocycles. The van der Waals surface area contributed by atoms with Crippen molar-refractivity contribution >= 4 is 75.8 Å². The van der Waals surface area contributed by atoms with E-state index in [9.17, 15) is 28.2 Å².